The Hall–Kier alpha value is -2.37. The molecule has 2 saturated heterocycles. The quantitative estimate of drug-likeness (QED) is 0.648. The molecule has 0 atom stereocenters. The highest BCUT2D eigenvalue weighted by Gasteiger charge is 2.58. The lowest BCUT2D eigenvalue weighted by Gasteiger charge is -2.49. The van der Waals surface area contributed by atoms with Gasteiger partial charge in [-0.15, -0.1) is 0 Å². The number of para-hydroxylation sites is 1. The third-order valence-corrected chi connectivity index (χ3v) is 3.73. The van der Waals surface area contributed by atoms with Gasteiger partial charge in [0, 0.05) is 5.92 Å². The van der Waals surface area contributed by atoms with E-state index in [0.717, 1.165) is 0 Å². The number of fused-ring (bicyclic) bond motifs is 2. The normalized spacial score (nSPS) is 28.3. The topological polar surface area (TPSA) is 95.5 Å². The van der Waals surface area contributed by atoms with Crippen molar-refractivity contribution in [3.63, 3.8) is 0 Å². The highest BCUT2D eigenvalue weighted by Crippen LogP contribution is 2.41. The van der Waals surface area contributed by atoms with E-state index in [1.165, 1.54) is 12.1 Å². The number of amides is 3. The third-order valence-electron chi connectivity index (χ3n) is 3.73. The molecule has 0 radical (unpaired) electrons. The Labute approximate surface area is 108 Å². The lowest BCUT2D eigenvalue weighted by atomic mass is 9.64. The van der Waals surface area contributed by atoms with E-state index in [9.17, 15) is 19.5 Å². The first-order valence-electron chi connectivity index (χ1n) is 5.98. The zero-order valence-electron chi connectivity index (χ0n) is 9.97. The number of imide groups is 1. The molecule has 3 aliphatic rings. The number of carbonyl (C=O) groups excluding carboxylic acids is 3. The fourth-order valence-corrected chi connectivity index (χ4v) is 2.59. The Bertz CT molecular complexity index is 590. The van der Waals surface area contributed by atoms with Gasteiger partial charge >= 0.3 is 0 Å². The van der Waals surface area contributed by atoms with E-state index in [-0.39, 0.29) is 23.1 Å². The van der Waals surface area contributed by atoms with Gasteiger partial charge in [-0.25, -0.2) is 0 Å². The second-order valence-corrected chi connectivity index (χ2v) is 4.98. The zero-order chi connectivity index (χ0) is 13.6. The Morgan fingerprint density at radius 2 is 2.00 bits per heavy atom. The van der Waals surface area contributed by atoms with Gasteiger partial charge in [-0.2, -0.15) is 0 Å². The third kappa shape index (κ3) is 1.68. The summed E-state index contributed by atoms with van der Waals surface area (Å²) in [5, 5.41) is 14.5. The van der Waals surface area contributed by atoms with Gasteiger partial charge in [0.2, 0.25) is 5.91 Å². The van der Waals surface area contributed by atoms with Crippen molar-refractivity contribution in [2.45, 2.75) is 18.4 Å². The maximum atomic E-state index is 12.1. The van der Waals surface area contributed by atoms with Gasteiger partial charge in [-0.05, 0) is 25.0 Å². The van der Waals surface area contributed by atoms with E-state index >= 15 is 0 Å². The van der Waals surface area contributed by atoms with Crippen LogP contribution < -0.4 is 10.6 Å². The van der Waals surface area contributed by atoms with Crippen molar-refractivity contribution in [1.82, 2.24) is 10.6 Å². The van der Waals surface area contributed by atoms with Crippen LogP contribution in [0.25, 0.3) is 0 Å². The minimum Gasteiger partial charge on any atom is -0.507 e. The summed E-state index contributed by atoms with van der Waals surface area (Å²) in [7, 11) is 0. The molecule has 3 N–H and O–H groups in total. The number of phenolic OH excluding ortho intramolecular Hbond substituents is 1. The van der Waals surface area contributed by atoms with Crippen LogP contribution in [0.1, 0.15) is 23.2 Å². The lowest BCUT2D eigenvalue weighted by molar-refractivity contribution is -0.152. The molecule has 0 spiro atoms. The lowest BCUT2D eigenvalue weighted by Crippen LogP contribution is -2.73. The van der Waals surface area contributed by atoms with Crippen molar-refractivity contribution in [3.05, 3.63) is 29.8 Å². The number of aromatic hydroxyl groups is 1. The zero-order valence-corrected chi connectivity index (χ0v) is 9.97. The van der Waals surface area contributed by atoms with Crippen molar-refractivity contribution in [1.29, 1.82) is 0 Å². The van der Waals surface area contributed by atoms with Crippen molar-refractivity contribution >= 4 is 17.7 Å². The highest BCUT2D eigenvalue weighted by atomic mass is 16.3. The molecule has 6 heteroatoms. The summed E-state index contributed by atoms with van der Waals surface area (Å²) in [5.74, 6) is -1.60. The van der Waals surface area contributed by atoms with Crippen LogP contribution in [-0.4, -0.2) is 28.4 Å². The molecule has 3 fully saturated rings. The summed E-state index contributed by atoms with van der Waals surface area (Å²) >= 11 is 0. The first-order chi connectivity index (χ1) is 9.02. The molecule has 1 aliphatic carbocycles. The summed E-state index contributed by atoms with van der Waals surface area (Å²) in [4.78, 5) is 35.2. The fourth-order valence-electron chi connectivity index (χ4n) is 2.59. The van der Waals surface area contributed by atoms with Crippen LogP contribution in [0.15, 0.2) is 24.3 Å². The molecule has 19 heavy (non-hydrogen) atoms. The molecule has 2 bridgehead atoms. The predicted molar refractivity (Wildman–Crippen MR) is 64.2 cm³/mol. The van der Waals surface area contributed by atoms with Crippen molar-refractivity contribution in [2.75, 3.05) is 0 Å². The van der Waals surface area contributed by atoms with Gasteiger partial charge in [-0.1, -0.05) is 12.1 Å². The molecular formula is C13H12N2O4. The maximum Gasteiger partial charge on any atom is 0.255 e. The van der Waals surface area contributed by atoms with Crippen molar-refractivity contribution in [3.8, 4) is 5.75 Å². The largest absolute Gasteiger partial charge is 0.507 e. The summed E-state index contributed by atoms with van der Waals surface area (Å²) in [6.45, 7) is 0. The average Bonchev–Trinajstić information content (AvgIpc) is 2.31. The Kier molecular flexibility index (Phi) is 2.35. The van der Waals surface area contributed by atoms with Crippen LogP contribution in [0.3, 0.4) is 0 Å². The standard InChI is InChI=1S/C13H12N2O4/c16-9-4-2-1-3-8(9)11(18)15-13-5-7(6-13)10(17)14-12(13)19/h1-4,7,16H,5-6H2,(H,15,18)(H,14,17,19). The van der Waals surface area contributed by atoms with E-state index < -0.39 is 17.4 Å². The van der Waals surface area contributed by atoms with Crippen LogP contribution in [0, 0.1) is 5.92 Å². The number of benzene rings is 1. The van der Waals surface area contributed by atoms with Crippen LogP contribution in [0.4, 0.5) is 0 Å². The molecule has 6 nitrogen and oxygen atoms in total. The Balaban J connectivity index is 1.80. The number of piperidine rings is 2. The van der Waals surface area contributed by atoms with Crippen molar-refractivity contribution < 1.29 is 19.5 Å². The molecule has 0 unspecified atom stereocenters. The van der Waals surface area contributed by atoms with Crippen LogP contribution in [0.5, 0.6) is 5.75 Å². The fraction of sp³-hybridized carbons (Fsp3) is 0.308. The Morgan fingerprint density at radius 3 is 2.63 bits per heavy atom. The summed E-state index contributed by atoms with van der Waals surface area (Å²) in [6, 6.07) is 6.11. The van der Waals surface area contributed by atoms with Crippen LogP contribution >= 0.6 is 0 Å². The van der Waals surface area contributed by atoms with Gasteiger partial charge in [0.1, 0.15) is 11.3 Å². The number of rotatable bonds is 2. The molecule has 1 aromatic rings. The second kappa shape index (κ2) is 3.81. The molecule has 2 heterocycles. The highest BCUT2D eigenvalue weighted by molar-refractivity contribution is 6.10. The minimum absolute atomic E-state index is 0.116. The number of carbonyl (C=O) groups is 3. The summed E-state index contributed by atoms with van der Waals surface area (Å²) < 4.78 is 0. The van der Waals surface area contributed by atoms with E-state index in [4.69, 9.17) is 0 Å². The van der Waals surface area contributed by atoms with E-state index in [1.54, 1.807) is 12.1 Å². The van der Waals surface area contributed by atoms with E-state index in [2.05, 4.69) is 10.6 Å². The number of phenols is 1. The first-order valence-corrected chi connectivity index (χ1v) is 5.98. The predicted octanol–water partition coefficient (Wildman–Crippen LogP) is -0.0728. The first kappa shape index (κ1) is 11.7. The second-order valence-electron chi connectivity index (χ2n) is 4.98. The van der Waals surface area contributed by atoms with Gasteiger partial charge in [0.25, 0.3) is 11.8 Å². The number of hydrogen-bond acceptors (Lipinski definition) is 4. The monoisotopic (exact) mass is 260 g/mol. The SMILES string of the molecule is O=C(NC12CC(C1)C(=O)NC2=O)c1ccccc1O. The van der Waals surface area contributed by atoms with Crippen molar-refractivity contribution in [2.24, 2.45) is 5.92 Å². The van der Waals surface area contributed by atoms with Gasteiger partial charge < -0.3 is 10.4 Å². The maximum absolute atomic E-state index is 12.1. The molecule has 1 aromatic carbocycles. The smallest absolute Gasteiger partial charge is 0.255 e. The molecule has 3 amide bonds. The molecule has 1 saturated carbocycles. The molecule has 2 aliphatic heterocycles. The molecule has 0 aromatic heterocycles. The minimum atomic E-state index is -1.00. The van der Waals surface area contributed by atoms with E-state index in [1.807, 2.05) is 0 Å². The van der Waals surface area contributed by atoms with Crippen LogP contribution in [0.2, 0.25) is 0 Å². The molecular weight excluding hydrogens is 248 g/mol. The summed E-state index contributed by atoms with van der Waals surface area (Å²) in [5.41, 5.74) is -0.886. The van der Waals surface area contributed by atoms with Gasteiger partial charge in [0.15, 0.2) is 0 Å². The molecule has 98 valence electrons. The van der Waals surface area contributed by atoms with Gasteiger partial charge in [0.05, 0.1) is 5.56 Å². The summed E-state index contributed by atoms with van der Waals surface area (Å²) in [6.07, 6.45) is 0.661. The Morgan fingerprint density at radius 1 is 1.32 bits per heavy atom. The number of hydrogen-bond donors (Lipinski definition) is 3. The average molecular weight is 260 g/mol. The van der Waals surface area contributed by atoms with Gasteiger partial charge in [-0.3, -0.25) is 19.7 Å². The molecule has 4 rings (SSSR count). The number of nitrogens with one attached hydrogen (secondary N) is 2. The van der Waals surface area contributed by atoms with Crippen LogP contribution in [-0.2, 0) is 9.59 Å². The van der Waals surface area contributed by atoms with E-state index in [0.29, 0.717) is 12.8 Å².